The molecule has 0 saturated heterocycles. The van der Waals surface area contributed by atoms with E-state index in [1.165, 1.54) is 16.2 Å². The first-order valence-corrected chi connectivity index (χ1v) is 9.31. The molecule has 1 N–H and O–H groups in total. The smallest absolute Gasteiger partial charge is 0.341 e. The van der Waals surface area contributed by atoms with Crippen LogP contribution in [0.4, 0.5) is 5.00 Å². The maximum Gasteiger partial charge on any atom is 0.341 e. The zero-order valence-corrected chi connectivity index (χ0v) is 15.2. The van der Waals surface area contributed by atoms with E-state index < -0.39 is 0 Å². The van der Waals surface area contributed by atoms with E-state index in [1.807, 2.05) is 6.92 Å². The van der Waals surface area contributed by atoms with Gasteiger partial charge in [0, 0.05) is 10.4 Å². The minimum absolute atomic E-state index is 0.242. The van der Waals surface area contributed by atoms with Crippen LogP contribution in [-0.2, 0) is 17.6 Å². The zero-order valence-electron chi connectivity index (χ0n) is 14.4. The number of anilines is 1. The maximum atomic E-state index is 12.5. The van der Waals surface area contributed by atoms with Gasteiger partial charge in [-0.25, -0.2) is 4.79 Å². The van der Waals surface area contributed by atoms with Crippen LogP contribution in [-0.4, -0.2) is 25.1 Å². The Morgan fingerprint density at radius 3 is 2.56 bits per heavy atom. The molecule has 0 radical (unpaired) electrons. The Morgan fingerprint density at radius 1 is 1.12 bits per heavy atom. The fraction of sp³-hybridized carbons (Fsp3) is 0.368. The molecule has 5 nitrogen and oxygen atoms in total. The van der Waals surface area contributed by atoms with Gasteiger partial charge < -0.3 is 14.8 Å². The molecule has 6 heteroatoms. The molecule has 132 valence electrons. The Kier molecular flexibility index (Phi) is 5.38. The quantitative estimate of drug-likeness (QED) is 0.790. The van der Waals surface area contributed by atoms with E-state index in [2.05, 4.69) is 5.32 Å². The molecule has 0 unspecified atom stereocenters. The second-order valence-electron chi connectivity index (χ2n) is 5.69. The summed E-state index contributed by atoms with van der Waals surface area (Å²) in [5.41, 5.74) is 2.08. The lowest BCUT2D eigenvalue weighted by molar-refractivity contribution is 0.0527. The molecule has 1 aromatic carbocycles. The Morgan fingerprint density at radius 2 is 1.88 bits per heavy atom. The Balaban J connectivity index is 1.82. The molecule has 1 aliphatic carbocycles. The minimum atomic E-state index is -0.358. The van der Waals surface area contributed by atoms with Gasteiger partial charge in [-0.05, 0) is 62.9 Å². The van der Waals surface area contributed by atoms with Crippen LogP contribution in [0.3, 0.4) is 0 Å². The van der Waals surface area contributed by atoms with Crippen LogP contribution < -0.4 is 10.1 Å². The van der Waals surface area contributed by atoms with Gasteiger partial charge in [-0.3, -0.25) is 4.79 Å². The van der Waals surface area contributed by atoms with Crippen molar-refractivity contribution in [2.45, 2.75) is 33.1 Å². The normalized spacial score (nSPS) is 12.6. The van der Waals surface area contributed by atoms with E-state index in [-0.39, 0.29) is 11.9 Å². The summed E-state index contributed by atoms with van der Waals surface area (Å²) in [6, 6.07) is 6.95. The van der Waals surface area contributed by atoms with Crippen molar-refractivity contribution in [3.05, 3.63) is 45.8 Å². The topological polar surface area (TPSA) is 64.6 Å². The molecule has 0 fully saturated rings. The molecule has 0 aliphatic heterocycles. The molecule has 2 aromatic rings. The molecule has 25 heavy (non-hydrogen) atoms. The largest absolute Gasteiger partial charge is 0.494 e. The van der Waals surface area contributed by atoms with Crippen molar-refractivity contribution in [1.29, 1.82) is 0 Å². The standard InChI is InChI=1S/C19H21NO4S/c1-3-23-13-10-8-12(9-11-13)17(21)20-18-16(19(22)24-4-2)14-6-5-7-15(14)25-18/h8-11H,3-7H2,1-2H3,(H,20,21). The van der Waals surface area contributed by atoms with Gasteiger partial charge >= 0.3 is 5.97 Å². The number of benzene rings is 1. The summed E-state index contributed by atoms with van der Waals surface area (Å²) in [5, 5.41) is 3.47. The third-order valence-corrected chi connectivity index (χ3v) is 5.26. The summed E-state index contributed by atoms with van der Waals surface area (Å²) < 4.78 is 10.6. The van der Waals surface area contributed by atoms with Crippen LogP contribution in [0.2, 0.25) is 0 Å². The van der Waals surface area contributed by atoms with Crippen molar-refractivity contribution in [3.8, 4) is 5.75 Å². The van der Waals surface area contributed by atoms with Gasteiger partial charge in [-0.1, -0.05) is 0 Å². The van der Waals surface area contributed by atoms with E-state index in [0.717, 1.165) is 30.6 Å². The summed E-state index contributed by atoms with van der Waals surface area (Å²) in [7, 11) is 0. The van der Waals surface area contributed by atoms with Crippen LogP contribution in [0, 0.1) is 0 Å². The first-order valence-electron chi connectivity index (χ1n) is 8.49. The number of carbonyl (C=O) groups is 2. The lowest BCUT2D eigenvalue weighted by Crippen LogP contribution is -2.15. The maximum absolute atomic E-state index is 12.5. The molecular weight excluding hydrogens is 338 g/mol. The van der Waals surface area contributed by atoms with Gasteiger partial charge in [0.25, 0.3) is 5.91 Å². The van der Waals surface area contributed by atoms with Crippen molar-refractivity contribution in [3.63, 3.8) is 0 Å². The van der Waals surface area contributed by atoms with E-state index in [1.54, 1.807) is 31.2 Å². The summed E-state index contributed by atoms with van der Waals surface area (Å²) in [4.78, 5) is 26.1. The highest BCUT2D eigenvalue weighted by Crippen LogP contribution is 2.39. The van der Waals surface area contributed by atoms with Gasteiger partial charge in [0.15, 0.2) is 0 Å². The van der Waals surface area contributed by atoms with Crippen molar-refractivity contribution in [1.82, 2.24) is 0 Å². The third-order valence-electron chi connectivity index (χ3n) is 4.06. The summed E-state index contributed by atoms with van der Waals surface area (Å²) in [5.74, 6) is 0.124. The molecule has 1 amide bonds. The number of rotatable bonds is 6. The highest BCUT2D eigenvalue weighted by atomic mass is 32.1. The number of carbonyl (C=O) groups excluding carboxylic acids is 2. The van der Waals surface area contributed by atoms with Crippen molar-refractivity contribution >= 4 is 28.2 Å². The van der Waals surface area contributed by atoms with Crippen molar-refractivity contribution in [2.75, 3.05) is 18.5 Å². The first kappa shape index (κ1) is 17.5. The SMILES string of the molecule is CCOC(=O)c1c(NC(=O)c2ccc(OCC)cc2)sc2c1CCC2. The second kappa shape index (κ2) is 7.70. The van der Waals surface area contributed by atoms with E-state index in [9.17, 15) is 9.59 Å². The van der Waals surface area contributed by atoms with E-state index >= 15 is 0 Å². The number of hydrogen-bond donors (Lipinski definition) is 1. The number of nitrogens with one attached hydrogen (secondary N) is 1. The first-order chi connectivity index (χ1) is 12.1. The summed E-state index contributed by atoms with van der Waals surface area (Å²) >= 11 is 1.48. The van der Waals surface area contributed by atoms with Gasteiger partial charge in [0.1, 0.15) is 10.8 Å². The minimum Gasteiger partial charge on any atom is -0.494 e. The molecule has 3 rings (SSSR count). The monoisotopic (exact) mass is 359 g/mol. The molecule has 1 aromatic heterocycles. The van der Waals surface area contributed by atoms with Crippen molar-refractivity contribution < 1.29 is 19.1 Å². The van der Waals surface area contributed by atoms with Crippen LogP contribution >= 0.6 is 11.3 Å². The van der Waals surface area contributed by atoms with Crippen LogP contribution in [0.5, 0.6) is 5.75 Å². The van der Waals surface area contributed by atoms with Crippen molar-refractivity contribution in [2.24, 2.45) is 0 Å². The highest BCUT2D eigenvalue weighted by Gasteiger charge is 2.28. The number of fused-ring (bicyclic) bond motifs is 1. The van der Waals surface area contributed by atoms with E-state index in [4.69, 9.17) is 9.47 Å². The lowest BCUT2D eigenvalue weighted by atomic mass is 10.1. The molecule has 1 heterocycles. The summed E-state index contributed by atoms with van der Waals surface area (Å²) in [6.45, 7) is 4.58. The number of aryl methyl sites for hydroxylation is 1. The fourth-order valence-corrected chi connectivity index (χ4v) is 4.23. The van der Waals surface area contributed by atoms with Crippen LogP contribution in [0.1, 0.15) is 51.4 Å². The average molecular weight is 359 g/mol. The average Bonchev–Trinajstić information content (AvgIpc) is 3.16. The highest BCUT2D eigenvalue weighted by molar-refractivity contribution is 7.17. The van der Waals surface area contributed by atoms with Gasteiger partial charge in [0.2, 0.25) is 0 Å². The third kappa shape index (κ3) is 3.69. The van der Waals surface area contributed by atoms with E-state index in [0.29, 0.717) is 29.3 Å². The fourth-order valence-electron chi connectivity index (χ4n) is 2.96. The predicted octanol–water partition coefficient (Wildman–Crippen LogP) is 4.06. The number of hydrogen-bond acceptors (Lipinski definition) is 5. The van der Waals surface area contributed by atoms with Crippen LogP contribution in [0.15, 0.2) is 24.3 Å². The van der Waals surface area contributed by atoms with Crippen LogP contribution in [0.25, 0.3) is 0 Å². The predicted molar refractivity (Wildman–Crippen MR) is 97.9 cm³/mol. The molecule has 0 spiro atoms. The number of esters is 1. The van der Waals surface area contributed by atoms with Gasteiger partial charge in [-0.2, -0.15) is 0 Å². The number of ether oxygens (including phenoxy) is 2. The second-order valence-corrected chi connectivity index (χ2v) is 6.80. The Labute approximate surface area is 151 Å². The number of amides is 1. The Bertz CT molecular complexity index is 779. The summed E-state index contributed by atoms with van der Waals surface area (Å²) in [6.07, 6.45) is 2.85. The Hall–Kier alpha value is -2.34. The zero-order chi connectivity index (χ0) is 17.8. The number of thiophene rings is 1. The molecule has 0 atom stereocenters. The molecular formula is C19H21NO4S. The molecule has 1 aliphatic rings. The lowest BCUT2D eigenvalue weighted by Gasteiger charge is -2.08. The molecule has 0 bridgehead atoms. The van der Waals surface area contributed by atoms with Gasteiger partial charge in [0.05, 0.1) is 18.8 Å². The van der Waals surface area contributed by atoms with Gasteiger partial charge in [-0.15, -0.1) is 11.3 Å². The molecule has 0 saturated carbocycles.